The number of amides is 1. The quantitative estimate of drug-likeness (QED) is 0.466. The molecular weight excluding hydrogens is 374 g/mol. The van der Waals surface area contributed by atoms with Gasteiger partial charge in [0.2, 0.25) is 5.91 Å². The first-order valence-corrected chi connectivity index (χ1v) is 9.71. The predicted molar refractivity (Wildman–Crippen MR) is 121 cm³/mol. The summed E-state index contributed by atoms with van der Waals surface area (Å²) in [7, 11) is 1.63. The van der Waals surface area contributed by atoms with Crippen molar-refractivity contribution in [1.82, 2.24) is 9.38 Å². The number of hydrogen-bond donors (Lipinski definition) is 1. The molecule has 0 spiro atoms. The van der Waals surface area contributed by atoms with E-state index in [1.165, 1.54) is 11.6 Å². The van der Waals surface area contributed by atoms with Crippen LogP contribution in [0.4, 0.5) is 5.69 Å². The van der Waals surface area contributed by atoms with Crippen LogP contribution in [-0.2, 0) is 4.79 Å². The average Bonchev–Trinajstić information content (AvgIpc) is 3.17. The molecule has 0 saturated heterocycles. The number of rotatable bonds is 5. The molecule has 0 bridgehead atoms. The first kappa shape index (κ1) is 19.5. The summed E-state index contributed by atoms with van der Waals surface area (Å²) in [5, 5.41) is 2.97. The number of anilines is 1. The van der Waals surface area contributed by atoms with Crippen LogP contribution in [0.15, 0.2) is 73.1 Å². The first-order valence-electron chi connectivity index (χ1n) is 9.71. The van der Waals surface area contributed by atoms with Crippen LogP contribution in [0.1, 0.15) is 16.7 Å². The van der Waals surface area contributed by atoms with Crippen molar-refractivity contribution in [3.05, 3.63) is 89.8 Å². The molecule has 150 valence electrons. The van der Waals surface area contributed by atoms with Crippen molar-refractivity contribution in [3.8, 4) is 17.0 Å². The number of imidazole rings is 1. The van der Waals surface area contributed by atoms with Gasteiger partial charge in [0.15, 0.2) is 0 Å². The lowest BCUT2D eigenvalue weighted by molar-refractivity contribution is -0.111. The number of nitrogens with zero attached hydrogens (tertiary/aromatic N) is 2. The van der Waals surface area contributed by atoms with E-state index in [2.05, 4.69) is 11.4 Å². The Morgan fingerprint density at radius 2 is 1.87 bits per heavy atom. The summed E-state index contributed by atoms with van der Waals surface area (Å²) < 4.78 is 7.15. The van der Waals surface area contributed by atoms with E-state index in [0.29, 0.717) is 0 Å². The number of aryl methyl sites for hydroxylation is 2. The Kier molecular flexibility index (Phi) is 5.35. The number of hydrogen-bond acceptors (Lipinski definition) is 3. The predicted octanol–water partition coefficient (Wildman–Crippen LogP) is 5.28. The van der Waals surface area contributed by atoms with E-state index in [4.69, 9.17) is 9.72 Å². The van der Waals surface area contributed by atoms with E-state index < -0.39 is 0 Å². The lowest BCUT2D eigenvalue weighted by Crippen LogP contribution is -2.09. The van der Waals surface area contributed by atoms with Gasteiger partial charge in [0.25, 0.3) is 0 Å². The number of methoxy groups -OCH3 is 1. The summed E-state index contributed by atoms with van der Waals surface area (Å²) in [4.78, 5) is 17.2. The van der Waals surface area contributed by atoms with Crippen LogP contribution in [0.5, 0.6) is 5.75 Å². The number of ether oxygens (including phenoxy) is 1. The topological polar surface area (TPSA) is 55.6 Å². The maximum Gasteiger partial charge on any atom is 0.248 e. The van der Waals surface area contributed by atoms with E-state index in [0.717, 1.165) is 39.5 Å². The molecule has 0 aliphatic carbocycles. The van der Waals surface area contributed by atoms with Gasteiger partial charge in [-0.2, -0.15) is 0 Å². The monoisotopic (exact) mass is 397 g/mol. The van der Waals surface area contributed by atoms with E-state index in [-0.39, 0.29) is 5.91 Å². The second kappa shape index (κ2) is 8.25. The number of nitrogens with one attached hydrogen (secondary N) is 1. The zero-order chi connectivity index (χ0) is 21.1. The highest BCUT2D eigenvalue weighted by molar-refractivity contribution is 6.02. The normalized spacial score (nSPS) is 11.2. The zero-order valence-corrected chi connectivity index (χ0v) is 17.2. The van der Waals surface area contributed by atoms with Gasteiger partial charge in [-0.25, -0.2) is 4.98 Å². The molecule has 0 saturated carbocycles. The highest BCUT2D eigenvalue weighted by Crippen LogP contribution is 2.25. The number of benzene rings is 2. The summed E-state index contributed by atoms with van der Waals surface area (Å²) in [6.45, 7) is 4.02. The Morgan fingerprint density at radius 1 is 1.07 bits per heavy atom. The smallest absolute Gasteiger partial charge is 0.248 e. The molecule has 2 aromatic heterocycles. The minimum Gasteiger partial charge on any atom is -0.497 e. The number of pyridine rings is 1. The number of aromatic nitrogens is 2. The van der Waals surface area contributed by atoms with Gasteiger partial charge in [-0.3, -0.25) is 4.79 Å². The average molecular weight is 397 g/mol. The molecule has 1 amide bonds. The highest BCUT2D eigenvalue weighted by Gasteiger charge is 2.08. The second-order valence-electron chi connectivity index (χ2n) is 7.22. The third-order valence-corrected chi connectivity index (χ3v) is 4.95. The molecule has 0 radical (unpaired) electrons. The molecule has 0 fully saturated rings. The first-order chi connectivity index (χ1) is 14.5. The van der Waals surface area contributed by atoms with Crippen molar-refractivity contribution < 1.29 is 9.53 Å². The molecule has 5 heteroatoms. The number of fused-ring (bicyclic) bond motifs is 1. The number of carbonyl (C=O) groups is 1. The Bertz CT molecular complexity index is 1240. The van der Waals surface area contributed by atoms with Crippen LogP contribution in [0.2, 0.25) is 0 Å². The van der Waals surface area contributed by atoms with Gasteiger partial charge < -0.3 is 14.5 Å². The van der Waals surface area contributed by atoms with Gasteiger partial charge in [0.05, 0.1) is 12.8 Å². The molecule has 1 N–H and O–H groups in total. The van der Waals surface area contributed by atoms with Gasteiger partial charge >= 0.3 is 0 Å². The number of carbonyl (C=O) groups excluding carboxylic acids is 1. The third kappa shape index (κ3) is 4.25. The fourth-order valence-electron chi connectivity index (χ4n) is 3.20. The zero-order valence-electron chi connectivity index (χ0n) is 17.2. The van der Waals surface area contributed by atoms with Gasteiger partial charge in [-0.15, -0.1) is 0 Å². The summed E-state index contributed by atoms with van der Waals surface area (Å²) in [5.74, 6) is 0.600. The fraction of sp³-hybridized carbons (Fsp3) is 0.120. The Balaban J connectivity index is 1.53. The Labute approximate surface area is 175 Å². The van der Waals surface area contributed by atoms with Crippen molar-refractivity contribution in [1.29, 1.82) is 0 Å². The highest BCUT2D eigenvalue weighted by atomic mass is 16.5. The van der Waals surface area contributed by atoms with E-state index in [9.17, 15) is 4.79 Å². The molecule has 4 rings (SSSR count). The van der Waals surface area contributed by atoms with Crippen molar-refractivity contribution in [2.45, 2.75) is 13.8 Å². The summed E-state index contributed by atoms with van der Waals surface area (Å²) >= 11 is 0. The van der Waals surface area contributed by atoms with Crippen molar-refractivity contribution in [2.24, 2.45) is 0 Å². The molecule has 30 heavy (non-hydrogen) atoms. The summed E-state index contributed by atoms with van der Waals surface area (Å²) in [6.07, 6.45) is 7.30. The molecule has 2 aromatic carbocycles. The van der Waals surface area contributed by atoms with Crippen LogP contribution in [-0.4, -0.2) is 22.4 Å². The fourth-order valence-corrected chi connectivity index (χ4v) is 3.20. The molecule has 0 aliphatic rings. The SMILES string of the molecule is COc1ccc(/C=C/C(=O)Nc2cc(-c3cn4ccc(C)cc4n3)ccc2C)cc1. The lowest BCUT2D eigenvalue weighted by atomic mass is 10.1. The van der Waals surface area contributed by atoms with Crippen molar-refractivity contribution >= 4 is 23.3 Å². The largest absolute Gasteiger partial charge is 0.497 e. The maximum atomic E-state index is 12.4. The molecule has 5 nitrogen and oxygen atoms in total. The minimum atomic E-state index is -0.184. The molecule has 0 aliphatic heterocycles. The third-order valence-electron chi connectivity index (χ3n) is 4.95. The van der Waals surface area contributed by atoms with E-state index in [1.54, 1.807) is 13.2 Å². The van der Waals surface area contributed by atoms with Crippen LogP contribution in [0, 0.1) is 13.8 Å². The molecular formula is C25H23N3O2. The molecule has 2 heterocycles. The van der Waals surface area contributed by atoms with Gasteiger partial charge in [0.1, 0.15) is 11.4 Å². The van der Waals surface area contributed by atoms with Crippen LogP contribution >= 0.6 is 0 Å². The van der Waals surface area contributed by atoms with E-state index in [1.807, 2.05) is 79.2 Å². The Hall–Kier alpha value is -3.86. The standard InChI is InChI=1S/C25H23N3O2/c1-17-12-13-28-16-23(26-24(28)14-17)20-8-4-18(2)22(15-20)27-25(29)11-7-19-5-9-21(30-3)10-6-19/h4-16H,1-3H3,(H,27,29)/b11-7+. The summed E-state index contributed by atoms with van der Waals surface area (Å²) in [5.41, 5.74) is 6.58. The molecule has 4 aromatic rings. The minimum absolute atomic E-state index is 0.184. The molecule has 0 unspecified atom stereocenters. The molecule has 0 atom stereocenters. The van der Waals surface area contributed by atoms with Crippen LogP contribution < -0.4 is 10.1 Å². The maximum absolute atomic E-state index is 12.4. The van der Waals surface area contributed by atoms with Gasteiger partial charge in [-0.1, -0.05) is 24.3 Å². The Morgan fingerprint density at radius 3 is 2.63 bits per heavy atom. The van der Waals surface area contributed by atoms with Gasteiger partial charge in [-0.05, 0) is 66.9 Å². The van der Waals surface area contributed by atoms with Crippen LogP contribution in [0.3, 0.4) is 0 Å². The van der Waals surface area contributed by atoms with Crippen molar-refractivity contribution in [2.75, 3.05) is 12.4 Å². The lowest BCUT2D eigenvalue weighted by Gasteiger charge is -2.08. The van der Waals surface area contributed by atoms with E-state index >= 15 is 0 Å². The van der Waals surface area contributed by atoms with Gasteiger partial charge in [0, 0.05) is 29.7 Å². The van der Waals surface area contributed by atoms with Crippen molar-refractivity contribution in [3.63, 3.8) is 0 Å². The van der Waals surface area contributed by atoms with Crippen LogP contribution in [0.25, 0.3) is 23.0 Å². The second-order valence-corrected chi connectivity index (χ2v) is 7.22. The summed E-state index contributed by atoms with van der Waals surface area (Å²) in [6, 6.07) is 17.6.